The molecule has 4 rings (SSSR count). The van der Waals surface area contributed by atoms with Crippen LogP contribution in [0.25, 0.3) is 5.78 Å². The number of anilines is 1. The fourth-order valence-corrected chi connectivity index (χ4v) is 3.67. The monoisotopic (exact) mass is 393 g/mol. The number of aromatic nitrogens is 4. The van der Waals surface area contributed by atoms with Crippen LogP contribution < -0.4 is 9.64 Å². The SMILES string of the molecule is COc1ccc(N(Cc2cccs2)C(=O)c2nc3nc(C)cc(C)n3n2)cc1. The molecule has 0 fully saturated rings. The summed E-state index contributed by atoms with van der Waals surface area (Å²) in [7, 11) is 1.61. The number of hydrogen-bond acceptors (Lipinski definition) is 6. The van der Waals surface area contributed by atoms with Crippen LogP contribution in [0, 0.1) is 13.8 Å². The summed E-state index contributed by atoms with van der Waals surface area (Å²) < 4.78 is 6.82. The minimum atomic E-state index is -0.277. The zero-order valence-electron chi connectivity index (χ0n) is 15.8. The lowest BCUT2D eigenvalue weighted by molar-refractivity contribution is 0.0975. The molecule has 0 atom stereocenters. The van der Waals surface area contributed by atoms with Crippen LogP contribution in [0.5, 0.6) is 5.75 Å². The van der Waals surface area contributed by atoms with Gasteiger partial charge in [-0.05, 0) is 55.6 Å². The number of fused-ring (bicyclic) bond motifs is 1. The Kier molecular flexibility index (Phi) is 4.79. The molecule has 3 heterocycles. The summed E-state index contributed by atoms with van der Waals surface area (Å²) in [5, 5.41) is 6.38. The average molecular weight is 393 g/mol. The summed E-state index contributed by atoms with van der Waals surface area (Å²) in [6.07, 6.45) is 0. The number of ether oxygens (including phenoxy) is 1. The average Bonchev–Trinajstić information content (AvgIpc) is 3.35. The first-order valence-corrected chi connectivity index (χ1v) is 9.62. The summed E-state index contributed by atoms with van der Waals surface area (Å²) in [5.74, 6) is 0.995. The molecule has 28 heavy (non-hydrogen) atoms. The van der Waals surface area contributed by atoms with E-state index in [2.05, 4.69) is 15.1 Å². The Hall–Kier alpha value is -3.26. The van der Waals surface area contributed by atoms with E-state index < -0.39 is 0 Å². The Balaban J connectivity index is 1.74. The van der Waals surface area contributed by atoms with Gasteiger partial charge in [-0.15, -0.1) is 16.4 Å². The smallest absolute Gasteiger partial charge is 0.298 e. The third kappa shape index (κ3) is 3.46. The first kappa shape index (κ1) is 18.1. The van der Waals surface area contributed by atoms with Gasteiger partial charge >= 0.3 is 0 Å². The lowest BCUT2D eigenvalue weighted by Gasteiger charge is -2.21. The van der Waals surface area contributed by atoms with Gasteiger partial charge in [0.2, 0.25) is 5.82 Å². The topological polar surface area (TPSA) is 72.6 Å². The van der Waals surface area contributed by atoms with Crippen molar-refractivity contribution in [3.8, 4) is 5.75 Å². The van der Waals surface area contributed by atoms with E-state index in [0.717, 1.165) is 27.7 Å². The van der Waals surface area contributed by atoms with E-state index >= 15 is 0 Å². The molecule has 8 heteroatoms. The van der Waals surface area contributed by atoms with Crippen LogP contribution in [0.15, 0.2) is 47.8 Å². The highest BCUT2D eigenvalue weighted by Crippen LogP contribution is 2.24. The molecule has 1 amide bonds. The fourth-order valence-electron chi connectivity index (χ4n) is 2.98. The first-order chi connectivity index (χ1) is 13.5. The van der Waals surface area contributed by atoms with E-state index in [0.29, 0.717) is 12.3 Å². The number of thiophene rings is 1. The molecule has 0 saturated carbocycles. The molecule has 0 N–H and O–H groups in total. The number of carbonyl (C=O) groups is 1. The van der Waals surface area contributed by atoms with Crippen molar-refractivity contribution in [2.45, 2.75) is 20.4 Å². The largest absolute Gasteiger partial charge is 0.497 e. The van der Waals surface area contributed by atoms with Crippen molar-refractivity contribution in [1.29, 1.82) is 0 Å². The second-order valence-electron chi connectivity index (χ2n) is 6.35. The van der Waals surface area contributed by atoms with Crippen LogP contribution >= 0.6 is 11.3 Å². The summed E-state index contributed by atoms with van der Waals surface area (Å²) in [4.78, 5) is 24.8. The highest BCUT2D eigenvalue weighted by Gasteiger charge is 2.24. The molecule has 7 nitrogen and oxygen atoms in total. The number of hydrogen-bond donors (Lipinski definition) is 0. The highest BCUT2D eigenvalue weighted by molar-refractivity contribution is 7.09. The Morgan fingerprint density at radius 2 is 1.96 bits per heavy atom. The molecule has 3 aromatic heterocycles. The predicted molar refractivity (Wildman–Crippen MR) is 108 cm³/mol. The van der Waals surface area contributed by atoms with Gasteiger partial charge in [0.25, 0.3) is 11.7 Å². The van der Waals surface area contributed by atoms with Gasteiger partial charge in [0, 0.05) is 22.0 Å². The third-order valence-electron chi connectivity index (χ3n) is 4.33. The van der Waals surface area contributed by atoms with Crippen molar-refractivity contribution in [3.63, 3.8) is 0 Å². The van der Waals surface area contributed by atoms with Gasteiger partial charge in [0.15, 0.2) is 0 Å². The molecule has 4 aromatic rings. The summed E-state index contributed by atoms with van der Waals surface area (Å²) >= 11 is 1.60. The number of aryl methyl sites for hydroxylation is 2. The lowest BCUT2D eigenvalue weighted by atomic mass is 10.2. The minimum absolute atomic E-state index is 0.119. The van der Waals surface area contributed by atoms with Crippen LogP contribution in [0.3, 0.4) is 0 Å². The molecule has 0 aliphatic carbocycles. The van der Waals surface area contributed by atoms with Gasteiger partial charge in [-0.1, -0.05) is 6.07 Å². The second kappa shape index (κ2) is 7.40. The highest BCUT2D eigenvalue weighted by atomic mass is 32.1. The van der Waals surface area contributed by atoms with Gasteiger partial charge in [0.05, 0.1) is 13.7 Å². The van der Waals surface area contributed by atoms with Gasteiger partial charge in [0.1, 0.15) is 5.75 Å². The zero-order valence-corrected chi connectivity index (χ0v) is 16.6. The number of carbonyl (C=O) groups excluding carboxylic acids is 1. The van der Waals surface area contributed by atoms with Gasteiger partial charge < -0.3 is 9.64 Å². The minimum Gasteiger partial charge on any atom is -0.497 e. The van der Waals surface area contributed by atoms with Crippen LogP contribution in [0.1, 0.15) is 26.9 Å². The standard InChI is InChI=1S/C20H19N5O2S/c1-13-11-14(2)25-20(21-13)22-18(23-25)19(26)24(12-17-5-4-10-28-17)15-6-8-16(27-3)9-7-15/h4-11H,12H2,1-3H3. The van der Waals surface area contributed by atoms with Crippen molar-refractivity contribution >= 4 is 28.7 Å². The summed E-state index contributed by atoms with van der Waals surface area (Å²) in [6, 6.07) is 13.2. The van der Waals surface area contributed by atoms with E-state index in [1.54, 1.807) is 27.9 Å². The number of methoxy groups -OCH3 is 1. The molecule has 0 spiro atoms. The maximum atomic E-state index is 13.3. The third-order valence-corrected chi connectivity index (χ3v) is 5.19. The van der Waals surface area contributed by atoms with Crippen molar-refractivity contribution < 1.29 is 9.53 Å². The number of amides is 1. The van der Waals surface area contributed by atoms with E-state index in [1.807, 2.05) is 61.7 Å². The van der Waals surface area contributed by atoms with Crippen molar-refractivity contribution in [2.75, 3.05) is 12.0 Å². The summed E-state index contributed by atoms with van der Waals surface area (Å²) in [6.45, 7) is 4.24. The Morgan fingerprint density at radius 3 is 2.64 bits per heavy atom. The van der Waals surface area contributed by atoms with Crippen molar-refractivity contribution in [1.82, 2.24) is 19.6 Å². The van der Waals surface area contributed by atoms with Crippen molar-refractivity contribution in [2.24, 2.45) is 0 Å². The lowest BCUT2D eigenvalue weighted by Crippen LogP contribution is -2.31. The molecule has 0 bridgehead atoms. The number of rotatable bonds is 5. The normalized spacial score (nSPS) is 11.0. The van der Waals surface area contributed by atoms with Crippen LogP contribution in [-0.4, -0.2) is 32.6 Å². The molecule has 0 radical (unpaired) electrons. The van der Waals surface area contributed by atoms with Gasteiger partial charge in [-0.3, -0.25) is 4.79 Å². The molecule has 0 aliphatic heterocycles. The maximum Gasteiger partial charge on any atom is 0.298 e. The van der Waals surface area contributed by atoms with Crippen molar-refractivity contribution in [3.05, 3.63) is 69.9 Å². The van der Waals surface area contributed by atoms with Gasteiger partial charge in [-0.2, -0.15) is 4.98 Å². The molecule has 1 aromatic carbocycles. The molecule has 142 valence electrons. The maximum absolute atomic E-state index is 13.3. The quantitative estimate of drug-likeness (QED) is 0.517. The van der Waals surface area contributed by atoms with E-state index in [-0.39, 0.29) is 11.7 Å². The first-order valence-electron chi connectivity index (χ1n) is 8.74. The molecule has 0 aliphatic rings. The molecule has 0 unspecified atom stereocenters. The summed E-state index contributed by atoms with van der Waals surface area (Å²) in [5.41, 5.74) is 2.46. The Labute approximate surface area is 166 Å². The molecule has 0 saturated heterocycles. The zero-order chi connectivity index (χ0) is 19.7. The fraction of sp³-hybridized carbons (Fsp3) is 0.200. The Morgan fingerprint density at radius 1 is 1.18 bits per heavy atom. The molecular formula is C20H19N5O2S. The van der Waals surface area contributed by atoms with Crippen LogP contribution in [0.4, 0.5) is 5.69 Å². The van der Waals surface area contributed by atoms with E-state index in [9.17, 15) is 4.79 Å². The van der Waals surface area contributed by atoms with Gasteiger partial charge in [-0.25, -0.2) is 9.50 Å². The molecular weight excluding hydrogens is 374 g/mol. The second-order valence-corrected chi connectivity index (χ2v) is 7.39. The van der Waals surface area contributed by atoms with Crippen LogP contribution in [-0.2, 0) is 6.54 Å². The predicted octanol–water partition coefficient (Wildman–Crippen LogP) is 3.66. The number of benzene rings is 1. The van der Waals surface area contributed by atoms with Crippen LogP contribution in [0.2, 0.25) is 0 Å². The Bertz CT molecular complexity index is 1120. The van der Waals surface area contributed by atoms with E-state index in [4.69, 9.17) is 4.74 Å². The number of nitrogens with zero attached hydrogens (tertiary/aromatic N) is 5. The van der Waals surface area contributed by atoms with E-state index in [1.165, 1.54) is 0 Å².